The molecule has 0 aliphatic carbocycles. The van der Waals surface area contributed by atoms with E-state index in [4.69, 9.17) is 5.73 Å². The molecule has 1 aliphatic heterocycles. The molecule has 1 fully saturated rings. The molecule has 7 heteroatoms. The lowest BCUT2D eigenvalue weighted by atomic mass is 10.1. The normalized spacial score (nSPS) is 16.0. The summed E-state index contributed by atoms with van der Waals surface area (Å²) in [7, 11) is 0. The Morgan fingerprint density at radius 1 is 1.33 bits per heavy atom. The number of amides is 1. The number of carbonyl (C=O) groups is 1. The van der Waals surface area contributed by atoms with Crippen LogP contribution in [0.3, 0.4) is 0 Å². The maximum atomic E-state index is 11.2. The van der Waals surface area contributed by atoms with E-state index in [0.29, 0.717) is 5.69 Å². The van der Waals surface area contributed by atoms with Crippen LogP contribution in [-0.2, 0) is 0 Å². The van der Waals surface area contributed by atoms with Gasteiger partial charge in [0.2, 0.25) is 5.91 Å². The van der Waals surface area contributed by atoms with Gasteiger partial charge in [0.15, 0.2) is 0 Å². The Bertz CT molecular complexity index is 539. The standard InChI is InChI=1S/C14H20N4O3/c1-2-5-16-6-8-17(9-7-16)12-4-3-11(14(15)19)10-13(12)18(20)21/h3-4,10H,2,5-9H2,1H3,(H2,15,19). The summed E-state index contributed by atoms with van der Waals surface area (Å²) in [6.45, 7) is 6.47. The van der Waals surface area contributed by atoms with Crippen molar-refractivity contribution in [2.24, 2.45) is 5.73 Å². The number of hydrogen-bond donors (Lipinski definition) is 1. The molecule has 7 nitrogen and oxygen atoms in total. The first-order valence-electron chi connectivity index (χ1n) is 7.08. The number of nitro benzene ring substituents is 1. The Kier molecular flexibility index (Phi) is 4.74. The molecular formula is C14H20N4O3. The maximum absolute atomic E-state index is 11.2. The molecule has 0 atom stereocenters. The summed E-state index contributed by atoms with van der Waals surface area (Å²) >= 11 is 0. The number of piperazine rings is 1. The molecule has 1 aromatic carbocycles. The topological polar surface area (TPSA) is 92.7 Å². The molecule has 1 heterocycles. The van der Waals surface area contributed by atoms with Gasteiger partial charge in [-0.15, -0.1) is 0 Å². The van der Waals surface area contributed by atoms with Crippen molar-refractivity contribution in [3.63, 3.8) is 0 Å². The van der Waals surface area contributed by atoms with E-state index in [1.54, 1.807) is 12.1 Å². The molecule has 0 bridgehead atoms. The van der Waals surface area contributed by atoms with Crippen molar-refractivity contribution in [2.75, 3.05) is 37.6 Å². The largest absolute Gasteiger partial charge is 0.366 e. The van der Waals surface area contributed by atoms with Gasteiger partial charge in [-0.1, -0.05) is 6.92 Å². The molecule has 1 amide bonds. The zero-order valence-electron chi connectivity index (χ0n) is 12.1. The lowest BCUT2D eigenvalue weighted by Gasteiger charge is -2.35. The van der Waals surface area contributed by atoms with Crippen LogP contribution in [0.2, 0.25) is 0 Å². The van der Waals surface area contributed by atoms with Crippen molar-refractivity contribution in [2.45, 2.75) is 13.3 Å². The van der Waals surface area contributed by atoms with E-state index in [2.05, 4.69) is 11.8 Å². The Morgan fingerprint density at radius 2 is 2.00 bits per heavy atom. The predicted octanol–water partition coefficient (Wildman–Crippen LogP) is 1.23. The Labute approximate surface area is 123 Å². The van der Waals surface area contributed by atoms with Crippen LogP contribution >= 0.6 is 0 Å². The monoisotopic (exact) mass is 292 g/mol. The molecule has 2 rings (SSSR count). The first kappa shape index (κ1) is 15.2. The number of hydrogen-bond acceptors (Lipinski definition) is 5. The fourth-order valence-corrected chi connectivity index (χ4v) is 2.62. The number of primary amides is 1. The zero-order valence-corrected chi connectivity index (χ0v) is 12.1. The number of anilines is 1. The van der Waals surface area contributed by atoms with Gasteiger partial charge in [-0.2, -0.15) is 0 Å². The smallest absolute Gasteiger partial charge is 0.293 e. The molecule has 0 unspecified atom stereocenters. The number of rotatable bonds is 5. The second kappa shape index (κ2) is 6.53. The SMILES string of the molecule is CCCN1CCN(c2ccc(C(N)=O)cc2[N+](=O)[O-])CC1. The first-order chi connectivity index (χ1) is 10.0. The highest BCUT2D eigenvalue weighted by atomic mass is 16.6. The third-order valence-corrected chi connectivity index (χ3v) is 3.71. The van der Waals surface area contributed by atoms with Gasteiger partial charge in [-0.05, 0) is 25.1 Å². The highest BCUT2D eigenvalue weighted by Crippen LogP contribution is 2.30. The summed E-state index contributed by atoms with van der Waals surface area (Å²) in [5, 5.41) is 11.2. The minimum absolute atomic E-state index is 0.0600. The number of nitrogens with two attached hydrogens (primary N) is 1. The highest BCUT2D eigenvalue weighted by molar-refractivity contribution is 5.94. The van der Waals surface area contributed by atoms with E-state index >= 15 is 0 Å². The van der Waals surface area contributed by atoms with E-state index in [1.165, 1.54) is 6.07 Å². The molecule has 0 saturated carbocycles. The predicted molar refractivity (Wildman–Crippen MR) is 80.6 cm³/mol. The van der Waals surface area contributed by atoms with Gasteiger partial charge < -0.3 is 10.6 Å². The molecule has 1 aliphatic rings. The van der Waals surface area contributed by atoms with Crippen LogP contribution in [0, 0.1) is 10.1 Å². The second-order valence-electron chi connectivity index (χ2n) is 5.15. The van der Waals surface area contributed by atoms with Crippen LogP contribution in [0.25, 0.3) is 0 Å². The molecule has 114 valence electrons. The zero-order chi connectivity index (χ0) is 15.4. The van der Waals surface area contributed by atoms with Crippen LogP contribution in [0.1, 0.15) is 23.7 Å². The van der Waals surface area contributed by atoms with Crippen LogP contribution in [0.5, 0.6) is 0 Å². The molecule has 21 heavy (non-hydrogen) atoms. The molecule has 0 spiro atoms. The Hall–Kier alpha value is -2.15. The summed E-state index contributed by atoms with van der Waals surface area (Å²) in [5.41, 5.74) is 5.84. The van der Waals surface area contributed by atoms with Crippen molar-refractivity contribution >= 4 is 17.3 Å². The van der Waals surface area contributed by atoms with Gasteiger partial charge in [-0.3, -0.25) is 19.8 Å². The van der Waals surface area contributed by atoms with E-state index < -0.39 is 10.8 Å². The van der Waals surface area contributed by atoms with Crippen molar-refractivity contribution in [3.8, 4) is 0 Å². The molecule has 1 saturated heterocycles. The molecule has 2 N–H and O–H groups in total. The van der Waals surface area contributed by atoms with Crippen LogP contribution in [0.15, 0.2) is 18.2 Å². The summed E-state index contributed by atoms with van der Waals surface area (Å²) in [6, 6.07) is 4.42. The minimum Gasteiger partial charge on any atom is -0.366 e. The molecule has 0 radical (unpaired) electrons. The van der Waals surface area contributed by atoms with Crippen molar-refractivity contribution < 1.29 is 9.72 Å². The van der Waals surface area contributed by atoms with Crippen molar-refractivity contribution in [1.29, 1.82) is 0 Å². The van der Waals surface area contributed by atoms with E-state index in [0.717, 1.165) is 39.1 Å². The van der Waals surface area contributed by atoms with Gasteiger partial charge >= 0.3 is 0 Å². The van der Waals surface area contributed by atoms with Gasteiger partial charge in [0.1, 0.15) is 5.69 Å². The Morgan fingerprint density at radius 3 is 2.52 bits per heavy atom. The molecule has 1 aromatic rings. The third kappa shape index (κ3) is 3.49. The minimum atomic E-state index is -0.655. The van der Waals surface area contributed by atoms with Gasteiger partial charge in [-0.25, -0.2) is 0 Å². The van der Waals surface area contributed by atoms with Gasteiger partial charge in [0, 0.05) is 37.8 Å². The highest BCUT2D eigenvalue weighted by Gasteiger charge is 2.24. The Balaban J connectivity index is 2.20. The number of nitro groups is 1. The quantitative estimate of drug-likeness (QED) is 0.650. The van der Waals surface area contributed by atoms with E-state index in [9.17, 15) is 14.9 Å². The van der Waals surface area contributed by atoms with Crippen molar-refractivity contribution in [1.82, 2.24) is 4.90 Å². The van der Waals surface area contributed by atoms with Crippen molar-refractivity contribution in [3.05, 3.63) is 33.9 Å². The molecular weight excluding hydrogens is 272 g/mol. The summed E-state index contributed by atoms with van der Waals surface area (Å²) in [5.74, 6) is -0.655. The summed E-state index contributed by atoms with van der Waals surface area (Å²) < 4.78 is 0. The van der Waals surface area contributed by atoms with Crippen LogP contribution < -0.4 is 10.6 Å². The van der Waals surface area contributed by atoms with Crippen LogP contribution in [-0.4, -0.2) is 48.5 Å². The van der Waals surface area contributed by atoms with Crippen LogP contribution in [0.4, 0.5) is 11.4 Å². The average Bonchev–Trinajstić information content (AvgIpc) is 2.47. The van der Waals surface area contributed by atoms with Gasteiger partial charge in [0.05, 0.1) is 4.92 Å². The third-order valence-electron chi connectivity index (χ3n) is 3.71. The fraction of sp³-hybridized carbons (Fsp3) is 0.500. The summed E-state index contributed by atoms with van der Waals surface area (Å²) in [4.78, 5) is 26.3. The number of nitrogens with zero attached hydrogens (tertiary/aromatic N) is 3. The number of carbonyl (C=O) groups excluding carboxylic acids is 1. The average molecular weight is 292 g/mol. The maximum Gasteiger partial charge on any atom is 0.293 e. The van der Waals surface area contributed by atoms with E-state index in [-0.39, 0.29) is 11.3 Å². The second-order valence-corrected chi connectivity index (χ2v) is 5.15. The van der Waals surface area contributed by atoms with E-state index in [1.807, 2.05) is 4.90 Å². The summed E-state index contributed by atoms with van der Waals surface area (Å²) in [6.07, 6.45) is 1.10. The molecule has 0 aromatic heterocycles. The van der Waals surface area contributed by atoms with Gasteiger partial charge in [0.25, 0.3) is 5.69 Å². The lowest BCUT2D eigenvalue weighted by molar-refractivity contribution is -0.384. The lowest BCUT2D eigenvalue weighted by Crippen LogP contribution is -2.46. The number of benzene rings is 1. The fourth-order valence-electron chi connectivity index (χ4n) is 2.62. The first-order valence-corrected chi connectivity index (χ1v) is 7.08.